The monoisotopic (exact) mass is 358 g/mol. The van der Waals surface area contributed by atoms with Crippen molar-refractivity contribution in [3.63, 3.8) is 0 Å². The van der Waals surface area contributed by atoms with Gasteiger partial charge in [-0.2, -0.15) is 0 Å². The van der Waals surface area contributed by atoms with Crippen LogP contribution in [0.3, 0.4) is 0 Å². The second-order valence-corrected chi connectivity index (χ2v) is 7.32. The number of nitrogens with one attached hydrogen (secondary N) is 1. The number of nitrogens with zero attached hydrogens (tertiary/aromatic N) is 1. The summed E-state index contributed by atoms with van der Waals surface area (Å²) in [6, 6.07) is 8.78. The largest absolute Gasteiger partial charge is 0.449 e. The first-order valence-electron chi connectivity index (χ1n) is 7.85. The predicted molar refractivity (Wildman–Crippen MR) is 96.1 cm³/mol. The van der Waals surface area contributed by atoms with E-state index in [-0.39, 0.29) is 12.5 Å². The second-order valence-electron chi connectivity index (χ2n) is 5.86. The molecule has 1 aliphatic heterocycles. The number of ether oxygens (including phenoxy) is 1. The Kier molecular flexibility index (Phi) is 4.59. The molecule has 1 atom stereocenters. The van der Waals surface area contributed by atoms with Crippen molar-refractivity contribution in [2.75, 3.05) is 16.8 Å². The highest BCUT2D eigenvalue weighted by Gasteiger charge is 2.31. The number of benzene rings is 1. The van der Waals surface area contributed by atoms with Crippen LogP contribution in [0.15, 0.2) is 30.3 Å². The Morgan fingerprint density at radius 2 is 2.00 bits per heavy atom. The second kappa shape index (κ2) is 6.68. The number of hydrogen-bond acceptors (Lipinski definition) is 5. The van der Waals surface area contributed by atoms with E-state index in [1.54, 1.807) is 30.3 Å². The number of anilines is 2. The van der Waals surface area contributed by atoms with Gasteiger partial charge >= 0.3 is 5.97 Å². The Bertz CT molecular complexity index is 859. The Balaban J connectivity index is 1.78. The van der Waals surface area contributed by atoms with Crippen molar-refractivity contribution in [2.24, 2.45) is 0 Å². The summed E-state index contributed by atoms with van der Waals surface area (Å²) in [5.74, 6) is -1.24. The smallest absolute Gasteiger partial charge is 0.340 e. The number of carbonyl (C=O) groups excluding carboxylic acids is 3. The molecule has 2 amide bonds. The van der Waals surface area contributed by atoms with Crippen LogP contribution in [0.4, 0.5) is 11.4 Å². The standard InChI is InChI=1S/C18H18N2O4S/c1-10-8-13(12(3)25-10)18(23)24-11(2)17(22)20-9-16(21)19-14-6-4-5-7-15(14)20/h4-8,11H,9H2,1-3H3,(H,19,21)/t11-/m1/s1. The van der Waals surface area contributed by atoms with Crippen LogP contribution in [0.2, 0.25) is 0 Å². The van der Waals surface area contributed by atoms with E-state index in [9.17, 15) is 14.4 Å². The van der Waals surface area contributed by atoms with E-state index in [0.29, 0.717) is 16.9 Å². The van der Waals surface area contributed by atoms with Gasteiger partial charge in [0.1, 0.15) is 6.54 Å². The molecule has 0 fully saturated rings. The van der Waals surface area contributed by atoms with Crippen molar-refractivity contribution in [2.45, 2.75) is 26.9 Å². The molecule has 1 N–H and O–H groups in total. The Morgan fingerprint density at radius 1 is 1.28 bits per heavy atom. The van der Waals surface area contributed by atoms with Crippen LogP contribution in [0, 0.1) is 13.8 Å². The molecule has 25 heavy (non-hydrogen) atoms. The summed E-state index contributed by atoms with van der Waals surface area (Å²) in [7, 11) is 0. The summed E-state index contributed by atoms with van der Waals surface area (Å²) >= 11 is 1.50. The maximum Gasteiger partial charge on any atom is 0.340 e. The molecular weight excluding hydrogens is 340 g/mol. The van der Waals surface area contributed by atoms with Crippen molar-refractivity contribution in [1.82, 2.24) is 0 Å². The summed E-state index contributed by atoms with van der Waals surface area (Å²) in [6.45, 7) is 5.16. The van der Waals surface area contributed by atoms with E-state index in [1.807, 2.05) is 13.8 Å². The number of rotatable bonds is 3. The number of thiophene rings is 1. The van der Waals surface area contributed by atoms with Gasteiger partial charge in [-0.05, 0) is 39.0 Å². The van der Waals surface area contributed by atoms with Crippen LogP contribution in [-0.4, -0.2) is 30.4 Å². The third-order valence-electron chi connectivity index (χ3n) is 3.93. The van der Waals surface area contributed by atoms with Crippen molar-refractivity contribution >= 4 is 40.5 Å². The fourth-order valence-corrected chi connectivity index (χ4v) is 3.67. The number of amides is 2. The van der Waals surface area contributed by atoms with Crippen molar-refractivity contribution in [1.29, 1.82) is 0 Å². The first-order chi connectivity index (χ1) is 11.9. The Morgan fingerprint density at radius 3 is 2.68 bits per heavy atom. The van der Waals surface area contributed by atoms with E-state index in [2.05, 4.69) is 5.32 Å². The minimum atomic E-state index is -0.994. The van der Waals surface area contributed by atoms with Gasteiger partial charge < -0.3 is 10.1 Å². The molecule has 2 heterocycles. The number of fused-ring (bicyclic) bond motifs is 1. The maximum absolute atomic E-state index is 12.7. The molecule has 0 aliphatic carbocycles. The lowest BCUT2D eigenvalue weighted by Crippen LogP contribution is -2.47. The molecule has 3 rings (SSSR count). The molecule has 130 valence electrons. The number of hydrogen-bond donors (Lipinski definition) is 1. The zero-order valence-electron chi connectivity index (χ0n) is 14.2. The SMILES string of the molecule is Cc1cc(C(=O)O[C@H](C)C(=O)N2CC(=O)Nc3ccccc32)c(C)s1. The van der Waals surface area contributed by atoms with Crippen molar-refractivity contribution in [3.8, 4) is 0 Å². The van der Waals surface area contributed by atoms with Gasteiger partial charge in [0.05, 0.1) is 16.9 Å². The van der Waals surface area contributed by atoms with Gasteiger partial charge in [-0.25, -0.2) is 4.79 Å². The van der Waals surface area contributed by atoms with Crippen molar-refractivity contribution in [3.05, 3.63) is 45.6 Å². The van der Waals surface area contributed by atoms with E-state index in [0.717, 1.165) is 9.75 Å². The lowest BCUT2D eigenvalue weighted by molar-refractivity contribution is -0.128. The fourth-order valence-electron chi connectivity index (χ4n) is 2.76. The highest BCUT2D eigenvalue weighted by Crippen LogP contribution is 2.30. The van der Waals surface area contributed by atoms with E-state index in [4.69, 9.17) is 4.74 Å². The summed E-state index contributed by atoms with van der Waals surface area (Å²) in [5, 5.41) is 2.72. The zero-order valence-corrected chi connectivity index (χ0v) is 15.0. The number of aryl methyl sites for hydroxylation is 2. The van der Waals surface area contributed by atoms with Gasteiger partial charge in [0, 0.05) is 9.75 Å². The molecule has 1 aromatic carbocycles. The molecule has 0 spiro atoms. The molecule has 7 heteroatoms. The molecule has 6 nitrogen and oxygen atoms in total. The normalized spacial score (nSPS) is 14.5. The Labute approximate surface area is 149 Å². The summed E-state index contributed by atoms with van der Waals surface area (Å²) in [5.41, 5.74) is 1.63. The van der Waals surface area contributed by atoms with Crippen LogP contribution in [0.1, 0.15) is 27.0 Å². The quantitative estimate of drug-likeness (QED) is 0.856. The number of carbonyl (C=O) groups is 3. The number of para-hydroxylation sites is 2. The molecule has 0 saturated heterocycles. The van der Waals surface area contributed by atoms with Crippen LogP contribution in [0.5, 0.6) is 0 Å². The van der Waals surface area contributed by atoms with E-state index >= 15 is 0 Å². The number of esters is 1. The molecule has 1 aromatic heterocycles. The van der Waals surface area contributed by atoms with Crippen LogP contribution in [0.25, 0.3) is 0 Å². The first-order valence-corrected chi connectivity index (χ1v) is 8.66. The van der Waals surface area contributed by atoms with Crippen LogP contribution >= 0.6 is 11.3 Å². The molecule has 0 radical (unpaired) electrons. The summed E-state index contributed by atoms with van der Waals surface area (Å²) in [4.78, 5) is 40.1. The minimum Gasteiger partial charge on any atom is -0.449 e. The Hall–Kier alpha value is -2.67. The van der Waals surface area contributed by atoms with Crippen LogP contribution < -0.4 is 10.2 Å². The third kappa shape index (κ3) is 3.41. The highest BCUT2D eigenvalue weighted by molar-refractivity contribution is 7.12. The van der Waals surface area contributed by atoms with Crippen LogP contribution in [-0.2, 0) is 14.3 Å². The molecule has 1 aliphatic rings. The van der Waals surface area contributed by atoms with E-state index in [1.165, 1.54) is 23.2 Å². The maximum atomic E-state index is 12.7. The van der Waals surface area contributed by atoms with E-state index < -0.39 is 18.0 Å². The molecule has 0 saturated carbocycles. The first kappa shape index (κ1) is 17.2. The van der Waals surface area contributed by atoms with Gasteiger partial charge in [0.15, 0.2) is 6.10 Å². The lowest BCUT2D eigenvalue weighted by atomic mass is 10.1. The summed E-state index contributed by atoms with van der Waals surface area (Å²) in [6.07, 6.45) is -0.994. The fraction of sp³-hybridized carbons (Fsp3) is 0.278. The average molecular weight is 358 g/mol. The van der Waals surface area contributed by atoms with Gasteiger partial charge in [-0.3, -0.25) is 14.5 Å². The van der Waals surface area contributed by atoms with Gasteiger partial charge in [-0.1, -0.05) is 12.1 Å². The highest BCUT2D eigenvalue weighted by atomic mass is 32.1. The zero-order chi connectivity index (χ0) is 18.1. The van der Waals surface area contributed by atoms with Gasteiger partial charge in [0.25, 0.3) is 5.91 Å². The molecule has 0 unspecified atom stereocenters. The van der Waals surface area contributed by atoms with Gasteiger partial charge in [0.2, 0.25) is 5.91 Å². The molecule has 0 bridgehead atoms. The van der Waals surface area contributed by atoms with Crippen molar-refractivity contribution < 1.29 is 19.1 Å². The third-order valence-corrected chi connectivity index (χ3v) is 4.90. The molecule has 2 aromatic rings. The minimum absolute atomic E-state index is 0.103. The predicted octanol–water partition coefficient (Wildman–Crippen LogP) is 2.90. The topological polar surface area (TPSA) is 75.7 Å². The lowest BCUT2D eigenvalue weighted by Gasteiger charge is -2.30. The average Bonchev–Trinajstić information content (AvgIpc) is 2.91. The van der Waals surface area contributed by atoms with Gasteiger partial charge in [-0.15, -0.1) is 11.3 Å². The summed E-state index contributed by atoms with van der Waals surface area (Å²) < 4.78 is 5.34. The molecular formula is C18H18N2O4S.